The molecule has 2 rings (SSSR count). The Morgan fingerprint density at radius 1 is 1.53 bits per heavy atom. The fraction of sp³-hybridized carbons (Fsp3) is 0.333. The van der Waals surface area contributed by atoms with Crippen LogP contribution in [0.3, 0.4) is 0 Å². The summed E-state index contributed by atoms with van der Waals surface area (Å²) in [6.45, 7) is 2.73. The minimum absolute atomic E-state index is 0.0731. The van der Waals surface area contributed by atoms with Gasteiger partial charge in [-0.15, -0.1) is 10.2 Å². The van der Waals surface area contributed by atoms with Crippen molar-refractivity contribution in [2.75, 3.05) is 0 Å². The summed E-state index contributed by atoms with van der Waals surface area (Å²) in [5.74, 6) is 0.666. The third-order valence-electron chi connectivity index (χ3n) is 2.08. The molecule has 0 saturated carbocycles. The van der Waals surface area contributed by atoms with Crippen LogP contribution >= 0.6 is 0 Å². The highest BCUT2D eigenvalue weighted by Gasteiger charge is 2.08. The SMILES string of the molecule is CC(NCc1cccnc1)c1nn[nH]n1. The summed E-state index contributed by atoms with van der Waals surface area (Å²) >= 11 is 0. The zero-order valence-corrected chi connectivity index (χ0v) is 8.38. The Morgan fingerprint density at radius 3 is 3.13 bits per heavy atom. The van der Waals surface area contributed by atoms with Crippen molar-refractivity contribution < 1.29 is 0 Å². The van der Waals surface area contributed by atoms with E-state index >= 15 is 0 Å². The van der Waals surface area contributed by atoms with E-state index in [-0.39, 0.29) is 6.04 Å². The van der Waals surface area contributed by atoms with Crippen LogP contribution in [0.4, 0.5) is 0 Å². The second-order valence-electron chi connectivity index (χ2n) is 3.23. The monoisotopic (exact) mass is 204 g/mol. The van der Waals surface area contributed by atoms with Crippen LogP contribution < -0.4 is 5.32 Å². The quantitative estimate of drug-likeness (QED) is 0.755. The summed E-state index contributed by atoms with van der Waals surface area (Å²) in [5, 5.41) is 17.0. The summed E-state index contributed by atoms with van der Waals surface area (Å²) in [7, 11) is 0. The molecular weight excluding hydrogens is 192 g/mol. The van der Waals surface area contributed by atoms with E-state index < -0.39 is 0 Å². The fourth-order valence-corrected chi connectivity index (χ4v) is 1.22. The predicted octanol–water partition coefficient (Wildman–Crippen LogP) is 0.445. The lowest BCUT2D eigenvalue weighted by Gasteiger charge is -2.08. The first-order valence-electron chi connectivity index (χ1n) is 4.72. The molecule has 0 aliphatic heterocycles. The maximum absolute atomic E-state index is 4.04. The number of tetrazole rings is 1. The molecule has 1 unspecified atom stereocenters. The van der Waals surface area contributed by atoms with Crippen LogP contribution in [0.1, 0.15) is 24.4 Å². The first-order chi connectivity index (χ1) is 7.36. The molecule has 0 saturated heterocycles. The molecule has 6 nitrogen and oxygen atoms in total. The topological polar surface area (TPSA) is 79.4 Å². The molecule has 0 fully saturated rings. The lowest BCUT2D eigenvalue weighted by molar-refractivity contribution is 0.546. The van der Waals surface area contributed by atoms with Crippen molar-refractivity contribution in [3.63, 3.8) is 0 Å². The molecule has 0 radical (unpaired) electrons. The fourth-order valence-electron chi connectivity index (χ4n) is 1.22. The van der Waals surface area contributed by atoms with Gasteiger partial charge in [0.2, 0.25) is 0 Å². The second-order valence-corrected chi connectivity index (χ2v) is 3.23. The highest BCUT2D eigenvalue weighted by Crippen LogP contribution is 2.05. The minimum Gasteiger partial charge on any atom is -0.303 e. The van der Waals surface area contributed by atoms with E-state index in [0.29, 0.717) is 5.82 Å². The normalized spacial score (nSPS) is 12.6. The molecule has 15 heavy (non-hydrogen) atoms. The van der Waals surface area contributed by atoms with E-state index in [2.05, 4.69) is 30.9 Å². The van der Waals surface area contributed by atoms with E-state index in [4.69, 9.17) is 0 Å². The number of rotatable bonds is 4. The number of nitrogens with one attached hydrogen (secondary N) is 2. The van der Waals surface area contributed by atoms with Gasteiger partial charge in [0.1, 0.15) is 0 Å². The standard InChI is InChI=1S/C9H12N6/c1-7(9-12-14-15-13-9)11-6-8-3-2-4-10-5-8/h2-5,7,11H,6H2,1H3,(H,12,13,14,15). The molecule has 2 heterocycles. The van der Waals surface area contributed by atoms with Crippen LogP contribution in [-0.4, -0.2) is 25.6 Å². The first-order valence-corrected chi connectivity index (χ1v) is 4.72. The lowest BCUT2D eigenvalue weighted by atomic mass is 10.2. The zero-order valence-electron chi connectivity index (χ0n) is 8.38. The Labute approximate surface area is 87.1 Å². The van der Waals surface area contributed by atoms with Gasteiger partial charge < -0.3 is 5.32 Å². The van der Waals surface area contributed by atoms with Crippen molar-refractivity contribution in [3.05, 3.63) is 35.9 Å². The van der Waals surface area contributed by atoms with E-state index in [9.17, 15) is 0 Å². The maximum Gasteiger partial charge on any atom is 0.191 e. The third-order valence-corrected chi connectivity index (χ3v) is 2.08. The molecule has 2 aromatic heterocycles. The Kier molecular flexibility index (Phi) is 2.99. The highest BCUT2D eigenvalue weighted by molar-refractivity contribution is 5.08. The average molecular weight is 204 g/mol. The number of hydrogen-bond acceptors (Lipinski definition) is 5. The van der Waals surface area contributed by atoms with Gasteiger partial charge in [-0.3, -0.25) is 4.98 Å². The van der Waals surface area contributed by atoms with Gasteiger partial charge >= 0.3 is 0 Å². The van der Waals surface area contributed by atoms with Gasteiger partial charge in [0.25, 0.3) is 0 Å². The Morgan fingerprint density at radius 2 is 2.47 bits per heavy atom. The molecule has 0 aliphatic carbocycles. The van der Waals surface area contributed by atoms with Gasteiger partial charge in [0, 0.05) is 18.9 Å². The highest BCUT2D eigenvalue weighted by atomic mass is 15.5. The number of nitrogens with zero attached hydrogens (tertiary/aromatic N) is 4. The van der Waals surface area contributed by atoms with Crippen molar-refractivity contribution in [2.45, 2.75) is 19.5 Å². The number of H-pyrrole nitrogens is 1. The number of aromatic nitrogens is 5. The number of pyridine rings is 1. The third kappa shape index (κ3) is 2.57. The lowest BCUT2D eigenvalue weighted by Crippen LogP contribution is -2.19. The van der Waals surface area contributed by atoms with E-state index in [0.717, 1.165) is 12.1 Å². The van der Waals surface area contributed by atoms with Crippen molar-refractivity contribution >= 4 is 0 Å². The molecule has 2 aromatic rings. The smallest absolute Gasteiger partial charge is 0.191 e. The maximum atomic E-state index is 4.04. The molecule has 0 bridgehead atoms. The van der Waals surface area contributed by atoms with Crippen LogP contribution in [0.2, 0.25) is 0 Å². The predicted molar refractivity (Wildman–Crippen MR) is 53.7 cm³/mol. The van der Waals surface area contributed by atoms with Crippen molar-refractivity contribution in [2.24, 2.45) is 0 Å². The van der Waals surface area contributed by atoms with E-state index in [1.54, 1.807) is 6.20 Å². The van der Waals surface area contributed by atoms with Crippen molar-refractivity contribution in [3.8, 4) is 0 Å². The average Bonchev–Trinajstić information content (AvgIpc) is 2.81. The van der Waals surface area contributed by atoms with Crippen LogP contribution in [0.5, 0.6) is 0 Å². The molecule has 1 atom stereocenters. The summed E-state index contributed by atoms with van der Waals surface area (Å²) in [4.78, 5) is 4.04. The summed E-state index contributed by atoms with van der Waals surface area (Å²) in [6, 6.07) is 4.00. The van der Waals surface area contributed by atoms with Crippen LogP contribution in [-0.2, 0) is 6.54 Å². The summed E-state index contributed by atoms with van der Waals surface area (Å²) in [5.41, 5.74) is 1.13. The molecule has 0 aliphatic rings. The second kappa shape index (κ2) is 4.61. The minimum atomic E-state index is 0.0731. The Hall–Kier alpha value is -1.82. The van der Waals surface area contributed by atoms with Crippen LogP contribution in [0.25, 0.3) is 0 Å². The van der Waals surface area contributed by atoms with E-state index in [1.807, 2.05) is 25.3 Å². The molecule has 2 N–H and O–H groups in total. The van der Waals surface area contributed by atoms with Crippen LogP contribution in [0, 0.1) is 0 Å². The van der Waals surface area contributed by atoms with Gasteiger partial charge in [-0.25, -0.2) is 0 Å². The number of aromatic amines is 1. The molecule has 0 aromatic carbocycles. The first kappa shape index (κ1) is 9.72. The van der Waals surface area contributed by atoms with E-state index in [1.165, 1.54) is 0 Å². The van der Waals surface area contributed by atoms with Crippen molar-refractivity contribution in [1.29, 1.82) is 0 Å². The van der Waals surface area contributed by atoms with Gasteiger partial charge in [-0.1, -0.05) is 11.3 Å². The van der Waals surface area contributed by atoms with Crippen LogP contribution in [0.15, 0.2) is 24.5 Å². The molecular formula is C9H12N6. The van der Waals surface area contributed by atoms with Gasteiger partial charge in [0.05, 0.1) is 6.04 Å². The van der Waals surface area contributed by atoms with Gasteiger partial charge in [-0.2, -0.15) is 5.21 Å². The van der Waals surface area contributed by atoms with Gasteiger partial charge in [0.15, 0.2) is 5.82 Å². The number of hydrogen-bond donors (Lipinski definition) is 2. The molecule has 0 spiro atoms. The Balaban J connectivity index is 1.89. The molecule has 78 valence electrons. The summed E-state index contributed by atoms with van der Waals surface area (Å²) in [6.07, 6.45) is 3.59. The zero-order chi connectivity index (χ0) is 10.5. The Bertz CT molecular complexity index is 384. The van der Waals surface area contributed by atoms with Gasteiger partial charge in [-0.05, 0) is 18.6 Å². The molecule has 0 amide bonds. The van der Waals surface area contributed by atoms with Crippen molar-refractivity contribution in [1.82, 2.24) is 30.9 Å². The largest absolute Gasteiger partial charge is 0.303 e. The molecule has 6 heteroatoms. The summed E-state index contributed by atoms with van der Waals surface area (Å²) < 4.78 is 0.